The zero-order chi connectivity index (χ0) is 12.8. The van der Waals surface area contributed by atoms with E-state index in [0.717, 1.165) is 22.1 Å². The number of hydrogen-bond acceptors (Lipinski definition) is 3. The predicted octanol–water partition coefficient (Wildman–Crippen LogP) is 3.08. The molecule has 5 heteroatoms. The molecule has 1 rings (SSSR count). The molecule has 0 saturated heterocycles. The molecule has 4 N–H and O–H groups in total. The Morgan fingerprint density at radius 2 is 2.29 bits per heavy atom. The number of nitrogens with two attached hydrogens (primary N) is 1. The molecule has 0 saturated carbocycles. The first-order chi connectivity index (χ1) is 8.08. The summed E-state index contributed by atoms with van der Waals surface area (Å²) in [4.78, 5) is 0. The Balaban J connectivity index is 2.77. The maximum absolute atomic E-state index is 8.57. The summed E-state index contributed by atoms with van der Waals surface area (Å²) in [6.45, 7) is 4.11. The minimum absolute atomic E-state index is 0.166. The highest BCUT2D eigenvalue weighted by molar-refractivity contribution is 9.10. The van der Waals surface area contributed by atoms with E-state index in [4.69, 9.17) is 10.9 Å². The molecule has 1 unspecified atom stereocenters. The van der Waals surface area contributed by atoms with E-state index in [1.807, 2.05) is 25.1 Å². The van der Waals surface area contributed by atoms with E-state index in [0.29, 0.717) is 6.42 Å². The van der Waals surface area contributed by atoms with Crippen LogP contribution in [-0.4, -0.2) is 17.1 Å². The molecule has 0 radical (unpaired) electrons. The highest BCUT2D eigenvalue weighted by Gasteiger charge is 2.10. The van der Waals surface area contributed by atoms with Crippen molar-refractivity contribution in [1.82, 2.24) is 0 Å². The third-order valence-electron chi connectivity index (χ3n) is 2.70. The van der Waals surface area contributed by atoms with Gasteiger partial charge in [0.25, 0.3) is 0 Å². The molecular formula is C12H18BrN3O. The number of oxime groups is 1. The molecule has 0 bridgehead atoms. The standard InChI is InChI=1S/C12H18BrN3O/c1-3-9(7-12(14)16-17)15-11-6-4-5-10(13)8(11)2/h4-6,9,15,17H,3,7H2,1-2H3,(H2,14,16). The van der Waals surface area contributed by atoms with E-state index in [-0.39, 0.29) is 11.9 Å². The fourth-order valence-electron chi connectivity index (χ4n) is 1.57. The first kappa shape index (κ1) is 13.8. The summed E-state index contributed by atoms with van der Waals surface area (Å²) in [6.07, 6.45) is 1.43. The molecule has 0 amide bonds. The topological polar surface area (TPSA) is 70.6 Å². The van der Waals surface area contributed by atoms with Crippen molar-refractivity contribution in [3.63, 3.8) is 0 Å². The third kappa shape index (κ3) is 3.93. The van der Waals surface area contributed by atoms with Crippen LogP contribution < -0.4 is 11.1 Å². The Hall–Kier alpha value is -1.23. The number of rotatable bonds is 5. The summed E-state index contributed by atoms with van der Waals surface area (Å²) < 4.78 is 1.07. The van der Waals surface area contributed by atoms with Crippen LogP contribution in [0.1, 0.15) is 25.3 Å². The Morgan fingerprint density at radius 3 is 2.88 bits per heavy atom. The van der Waals surface area contributed by atoms with Crippen LogP contribution in [0, 0.1) is 6.92 Å². The second-order valence-corrected chi connectivity index (χ2v) is 4.81. The lowest BCUT2D eigenvalue weighted by atomic mass is 10.1. The lowest BCUT2D eigenvalue weighted by Crippen LogP contribution is -2.26. The Kier molecular flexibility index (Phi) is 5.28. The Labute approximate surface area is 110 Å². The Morgan fingerprint density at radius 1 is 1.59 bits per heavy atom. The summed E-state index contributed by atoms with van der Waals surface area (Å²) in [5.74, 6) is 0.247. The molecule has 1 aromatic rings. The molecular weight excluding hydrogens is 282 g/mol. The molecule has 0 aliphatic rings. The van der Waals surface area contributed by atoms with Crippen LogP contribution in [0.25, 0.3) is 0 Å². The highest BCUT2D eigenvalue weighted by atomic mass is 79.9. The molecule has 0 fully saturated rings. The van der Waals surface area contributed by atoms with Gasteiger partial charge < -0.3 is 16.3 Å². The molecule has 0 aliphatic heterocycles. The number of nitrogens with one attached hydrogen (secondary N) is 1. The quantitative estimate of drug-likeness (QED) is 0.339. The maximum Gasteiger partial charge on any atom is 0.141 e. The molecule has 1 atom stereocenters. The largest absolute Gasteiger partial charge is 0.409 e. The average molecular weight is 300 g/mol. The fraction of sp³-hybridized carbons (Fsp3) is 0.417. The van der Waals surface area contributed by atoms with E-state index < -0.39 is 0 Å². The van der Waals surface area contributed by atoms with Gasteiger partial charge in [0, 0.05) is 22.6 Å². The van der Waals surface area contributed by atoms with Crippen LogP contribution in [0.4, 0.5) is 5.69 Å². The van der Waals surface area contributed by atoms with Crippen LogP contribution in [0.15, 0.2) is 27.8 Å². The van der Waals surface area contributed by atoms with Crippen molar-refractivity contribution in [2.24, 2.45) is 10.9 Å². The SMILES string of the molecule is CCC(C/C(N)=N/O)Nc1cccc(Br)c1C. The van der Waals surface area contributed by atoms with Crippen molar-refractivity contribution < 1.29 is 5.21 Å². The monoisotopic (exact) mass is 299 g/mol. The summed E-state index contributed by atoms with van der Waals surface area (Å²) >= 11 is 3.49. The summed E-state index contributed by atoms with van der Waals surface area (Å²) in [6, 6.07) is 6.18. The number of nitrogens with zero attached hydrogens (tertiary/aromatic N) is 1. The van der Waals surface area contributed by atoms with E-state index in [9.17, 15) is 0 Å². The number of halogens is 1. The van der Waals surface area contributed by atoms with Gasteiger partial charge in [-0.15, -0.1) is 0 Å². The van der Waals surface area contributed by atoms with Crippen molar-refractivity contribution in [2.75, 3.05) is 5.32 Å². The Bertz CT molecular complexity index is 407. The molecule has 17 heavy (non-hydrogen) atoms. The van der Waals surface area contributed by atoms with Gasteiger partial charge >= 0.3 is 0 Å². The highest BCUT2D eigenvalue weighted by Crippen LogP contribution is 2.24. The molecule has 0 aromatic heterocycles. The molecule has 0 aliphatic carbocycles. The van der Waals surface area contributed by atoms with Crippen LogP contribution in [0.3, 0.4) is 0 Å². The minimum Gasteiger partial charge on any atom is -0.409 e. The van der Waals surface area contributed by atoms with Gasteiger partial charge in [0.1, 0.15) is 5.84 Å². The minimum atomic E-state index is 0.166. The van der Waals surface area contributed by atoms with Crippen molar-refractivity contribution in [1.29, 1.82) is 0 Å². The zero-order valence-corrected chi connectivity index (χ0v) is 11.7. The van der Waals surface area contributed by atoms with Gasteiger partial charge in [0.05, 0.1) is 0 Å². The average Bonchev–Trinajstić information content (AvgIpc) is 2.33. The van der Waals surface area contributed by atoms with Crippen LogP contribution in [0.2, 0.25) is 0 Å². The van der Waals surface area contributed by atoms with Crippen molar-refractivity contribution >= 4 is 27.5 Å². The second-order valence-electron chi connectivity index (χ2n) is 3.96. The van der Waals surface area contributed by atoms with E-state index in [2.05, 4.69) is 33.3 Å². The molecule has 0 heterocycles. The van der Waals surface area contributed by atoms with Crippen LogP contribution >= 0.6 is 15.9 Å². The summed E-state index contributed by atoms with van der Waals surface area (Å²) in [5, 5.41) is 15.0. The first-order valence-corrected chi connectivity index (χ1v) is 6.35. The third-order valence-corrected chi connectivity index (χ3v) is 3.56. The molecule has 0 spiro atoms. The van der Waals surface area contributed by atoms with Gasteiger partial charge in [-0.1, -0.05) is 34.1 Å². The normalized spacial score (nSPS) is 13.5. The lowest BCUT2D eigenvalue weighted by Gasteiger charge is -2.19. The second kappa shape index (κ2) is 6.49. The predicted molar refractivity (Wildman–Crippen MR) is 74.6 cm³/mol. The lowest BCUT2D eigenvalue weighted by molar-refractivity contribution is 0.316. The van der Waals surface area contributed by atoms with Crippen LogP contribution in [-0.2, 0) is 0 Å². The van der Waals surface area contributed by atoms with Crippen molar-refractivity contribution in [2.45, 2.75) is 32.7 Å². The van der Waals surface area contributed by atoms with Crippen molar-refractivity contribution in [3.05, 3.63) is 28.2 Å². The first-order valence-electron chi connectivity index (χ1n) is 5.56. The van der Waals surface area contributed by atoms with Gasteiger partial charge in [-0.05, 0) is 31.0 Å². The molecule has 94 valence electrons. The number of anilines is 1. The number of amidine groups is 1. The van der Waals surface area contributed by atoms with E-state index in [1.54, 1.807) is 0 Å². The molecule has 4 nitrogen and oxygen atoms in total. The summed E-state index contributed by atoms with van der Waals surface area (Å²) in [5.41, 5.74) is 7.75. The number of benzene rings is 1. The number of hydrogen-bond donors (Lipinski definition) is 3. The van der Waals surface area contributed by atoms with E-state index >= 15 is 0 Å². The van der Waals surface area contributed by atoms with E-state index in [1.165, 1.54) is 0 Å². The maximum atomic E-state index is 8.57. The van der Waals surface area contributed by atoms with Gasteiger partial charge in [-0.3, -0.25) is 0 Å². The van der Waals surface area contributed by atoms with Gasteiger partial charge in [0.15, 0.2) is 0 Å². The fourth-order valence-corrected chi connectivity index (χ4v) is 1.94. The van der Waals surface area contributed by atoms with Gasteiger partial charge in [0.2, 0.25) is 0 Å². The molecule has 1 aromatic carbocycles. The van der Waals surface area contributed by atoms with Crippen molar-refractivity contribution in [3.8, 4) is 0 Å². The van der Waals surface area contributed by atoms with Gasteiger partial charge in [-0.2, -0.15) is 0 Å². The smallest absolute Gasteiger partial charge is 0.141 e. The van der Waals surface area contributed by atoms with Gasteiger partial charge in [-0.25, -0.2) is 0 Å². The zero-order valence-electron chi connectivity index (χ0n) is 10.1. The van der Waals surface area contributed by atoms with Crippen LogP contribution in [0.5, 0.6) is 0 Å². The summed E-state index contributed by atoms with van der Waals surface area (Å²) in [7, 11) is 0.